The van der Waals surface area contributed by atoms with Crippen molar-refractivity contribution in [3.63, 3.8) is 0 Å². The SMILES string of the molecule is O[C@@H](COCc1ccco1)CN1CCn2c(nnc2C2CC2)C1. The number of hydrogen-bond donors (Lipinski definition) is 1. The first-order chi connectivity index (χ1) is 11.3. The molecule has 124 valence electrons. The first kappa shape index (κ1) is 14.9. The molecule has 0 radical (unpaired) electrons. The number of rotatable bonds is 7. The molecule has 23 heavy (non-hydrogen) atoms. The van der Waals surface area contributed by atoms with Crippen molar-refractivity contribution in [2.75, 3.05) is 19.7 Å². The van der Waals surface area contributed by atoms with E-state index in [1.165, 1.54) is 12.8 Å². The Morgan fingerprint density at radius 1 is 1.35 bits per heavy atom. The average Bonchev–Trinajstić information content (AvgIpc) is 3.09. The highest BCUT2D eigenvalue weighted by molar-refractivity contribution is 5.09. The zero-order valence-corrected chi connectivity index (χ0v) is 13.1. The number of nitrogens with zero attached hydrogens (tertiary/aromatic N) is 4. The molecule has 1 aliphatic heterocycles. The minimum absolute atomic E-state index is 0.303. The van der Waals surface area contributed by atoms with Crippen LogP contribution >= 0.6 is 0 Å². The third-order valence-corrected chi connectivity index (χ3v) is 4.41. The van der Waals surface area contributed by atoms with Gasteiger partial charge >= 0.3 is 0 Å². The highest BCUT2D eigenvalue weighted by Crippen LogP contribution is 2.39. The van der Waals surface area contributed by atoms with E-state index in [4.69, 9.17) is 9.15 Å². The summed E-state index contributed by atoms with van der Waals surface area (Å²) < 4.78 is 12.9. The van der Waals surface area contributed by atoms with Crippen LogP contribution in [0, 0.1) is 0 Å². The van der Waals surface area contributed by atoms with E-state index in [9.17, 15) is 5.11 Å². The van der Waals surface area contributed by atoms with E-state index in [0.717, 1.165) is 37.0 Å². The molecule has 4 rings (SSSR count). The van der Waals surface area contributed by atoms with Crippen molar-refractivity contribution in [1.82, 2.24) is 19.7 Å². The lowest BCUT2D eigenvalue weighted by atomic mass is 10.2. The molecule has 0 spiro atoms. The number of ether oxygens (including phenoxy) is 1. The molecule has 1 N–H and O–H groups in total. The molecule has 1 fully saturated rings. The normalized spacial score (nSPS) is 19.7. The van der Waals surface area contributed by atoms with Gasteiger partial charge in [0.1, 0.15) is 24.0 Å². The van der Waals surface area contributed by atoms with E-state index in [1.807, 2.05) is 12.1 Å². The van der Waals surface area contributed by atoms with Crippen LogP contribution < -0.4 is 0 Å². The maximum atomic E-state index is 10.1. The predicted octanol–water partition coefficient (Wildman–Crippen LogP) is 1.14. The van der Waals surface area contributed by atoms with Gasteiger partial charge in [-0.1, -0.05) is 0 Å². The lowest BCUT2D eigenvalue weighted by Crippen LogP contribution is -2.40. The fourth-order valence-corrected chi connectivity index (χ4v) is 3.07. The van der Waals surface area contributed by atoms with Crippen LogP contribution in [0.15, 0.2) is 22.8 Å². The van der Waals surface area contributed by atoms with Gasteiger partial charge in [-0.25, -0.2) is 0 Å². The summed E-state index contributed by atoms with van der Waals surface area (Å²) in [6.45, 7) is 3.85. The van der Waals surface area contributed by atoms with Gasteiger partial charge in [-0.2, -0.15) is 0 Å². The molecule has 3 heterocycles. The van der Waals surface area contributed by atoms with E-state index in [0.29, 0.717) is 25.7 Å². The molecular weight excluding hydrogens is 296 g/mol. The van der Waals surface area contributed by atoms with Crippen LogP contribution in [-0.2, 0) is 24.4 Å². The molecule has 0 saturated heterocycles. The molecular formula is C16H22N4O3. The highest BCUT2D eigenvalue weighted by Gasteiger charge is 2.32. The van der Waals surface area contributed by atoms with Crippen molar-refractivity contribution in [3.8, 4) is 0 Å². The number of β-amino-alcohol motifs (C(OH)–C–C–N with tert-alkyl or cyclic N) is 1. The molecule has 7 nitrogen and oxygen atoms in total. The van der Waals surface area contributed by atoms with Gasteiger partial charge in [-0.05, 0) is 25.0 Å². The molecule has 1 atom stereocenters. The summed E-state index contributed by atoms with van der Waals surface area (Å²) in [7, 11) is 0. The van der Waals surface area contributed by atoms with Crippen molar-refractivity contribution in [2.45, 2.75) is 44.6 Å². The molecule has 2 aliphatic rings. The summed E-state index contributed by atoms with van der Waals surface area (Å²) >= 11 is 0. The Balaban J connectivity index is 1.24. The van der Waals surface area contributed by atoms with Crippen LogP contribution in [0.5, 0.6) is 0 Å². The zero-order valence-electron chi connectivity index (χ0n) is 13.1. The van der Waals surface area contributed by atoms with Crippen molar-refractivity contribution < 1.29 is 14.3 Å². The van der Waals surface area contributed by atoms with Gasteiger partial charge in [0.05, 0.1) is 25.5 Å². The minimum atomic E-state index is -0.512. The maximum Gasteiger partial charge on any atom is 0.147 e. The van der Waals surface area contributed by atoms with Crippen LogP contribution in [0.3, 0.4) is 0 Å². The van der Waals surface area contributed by atoms with Crippen LogP contribution in [0.4, 0.5) is 0 Å². The third kappa shape index (κ3) is 3.46. The van der Waals surface area contributed by atoms with Gasteiger partial charge in [0.25, 0.3) is 0 Å². The van der Waals surface area contributed by atoms with Crippen molar-refractivity contribution in [1.29, 1.82) is 0 Å². The Bertz CT molecular complexity index is 636. The molecule has 0 aromatic carbocycles. The Kier molecular flexibility index (Phi) is 4.15. The van der Waals surface area contributed by atoms with E-state index in [1.54, 1.807) is 6.26 Å². The van der Waals surface area contributed by atoms with E-state index in [-0.39, 0.29) is 0 Å². The molecule has 2 aromatic heterocycles. The summed E-state index contributed by atoms with van der Waals surface area (Å²) in [5.41, 5.74) is 0. The average molecular weight is 318 g/mol. The summed E-state index contributed by atoms with van der Waals surface area (Å²) in [4.78, 5) is 2.21. The Labute approximate surface area is 134 Å². The smallest absolute Gasteiger partial charge is 0.147 e. The summed E-state index contributed by atoms with van der Waals surface area (Å²) in [5.74, 6) is 3.57. The second-order valence-electron chi connectivity index (χ2n) is 6.38. The number of hydrogen-bond acceptors (Lipinski definition) is 6. The number of aliphatic hydroxyl groups excluding tert-OH is 1. The van der Waals surface area contributed by atoms with Crippen LogP contribution in [0.25, 0.3) is 0 Å². The predicted molar refractivity (Wildman–Crippen MR) is 81.6 cm³/mol. The largest absolute Gasteiger partial charge is 0.467 e. The molecule has 1 saturated carbocycles. The standard InChI is InChI=1S/C16H22N4O3/c21-13(10-22-11-14-2-1-7-23-14)8-19-5-6-20-15(9-19)17-18-16(20)12-3-4-12/h1-2,7,12-13,21H,3-6,8-11H2/t13-/m1/s1. The van der Waals surface area contributed by atoms with Gasteiger partial charge in [0.15, 0.2) is 0 Å². The summed E-state index contributed by atoms with van der Waals surface area (Å²) in [6.07, 6.45) is 3.60. The first-order valence-electron chi connectivity index (χ1n) is 8.22. The number of aromatic nitrogens is 3. The maximum absolute atomic E-state index is 10.1. The number of furan rings is 1. The Morgan fingerprint density at radius 2 is 2.26 bits per heavy atom. The van der Waals surface area contributed by atoms with E-state index in [2.05, 4.69) is 19.7 Å². The molecule has 7 heteroatoms. The van der Waals surface area contributed by atoms with Crippen LogP contribution in [-0.4, -0.2) is 50.6 Å². The van der Waals surface area contributed by atoms with Gasteiger partial charge < -0.3 is 18.8 Å². The lowest BCUT2D eigenvalue weighted by molar-refractivity contribution is 0.000914. The van der Waals surface area contributed by atoms with E-state index < -0.39 is 6.10 Å². The third-order valence-electron chi connectivity index (χ3n) is 4.41. The second-order valence-corrected chi connectivity index (χ2v) is 6.38. The Hall–Kier alpha value is -1.70. The topological polar surface area (TPSA) is 76.6 Å². The quantitative estimate of drug-likeness (QED) is 0.825. The zero-order chi connectivity index (χ0) is 15.6. The van der Waals surface area contributed by atoms with Crippen molar-refractivity contribution >= 4 is 0 Å². The molecule has 0 unspecified atom stereocenters. The lowest BCUT2D eigenvalue weighted by Gasteiger charge is -2.29. The molecule has 0 bridgehead atoms. The Morgan fingerprint density at radius 3 is 3.04 bits per heavy atom. The molecule has 2 aromatic rings. The number of fused-ring (bicyclic) bond motifs is 1. The molecule has 1 aliphatic carbocycles. The van der Waals surface area contributed by atoms with Gasteiger partial charge in [-0.3, -0.25) is 4.90 Å². The van der Waals surface area contributed by atoms with Gasteiger partial charge in [-0.15, -0.1) is 10.2 Å². The monoisotopic (exact) mass is 318 g/mol. The summed E-state index contributed by atoms with van der Waals surface area (Å²) in [6, 6.07) is 3.69. The molecule has 0 amide bonds. The second kappa shape index (κ2) is 6.43. The van der Waals surface area contributed by atoms with Crippen molar-refractivity contribution in [3.05, 3.63) is 35.8 Å². The first-order valence-corrected chi connectivity index (χ1v) is 8.22. The van der Waals surface area contributed by atoms with Crippen molar-refractivity contribution in [2.24, 2.45) is 0 Å². The fourth-order valence-electron chi connectivity index (χ4n) is 3.07. The van der Waals surface area contributed by atoms with Crippen LogP contribution in [0.1, 0.15) is 36.2 Å². The number of aliphatic hydroxyl groups is 1. The van der Waals surface area contributed by atoms with Gasteiger partial charge in [0, 0.05) is 25.6 Å². The van der Waals surface area contributed by atoms with Crippen LogP contribution in [0.2, 0.25) is 0 Å². The van der Waals surface area contributed by atoms with Gasteiger partial charge in [0.2, 0.25) is 0 Å². The minimum Gasteiger partial charge on any atom is -0.467 e. The summed E-state index contributed by atoms with van der Waals surface area (Å²) in [5, 5.41) is 18.8. The highest BCUT2D eigenvalue weighted by atomic mass is 16.5. The van der Waals surface area contributed by atoms with E-state index >= 15 is 0 Å². The fraction of sp³-hybridized carbons (Fsp3) is 0.625.